The van der Waals surface area contributed by atoms with Gasteiger partial charge in [-0.1, -0.05) is 19.9 Å². The Balaban J connectivity index is 2.86. The van der Waals surface area contributed by atoms with Gasteiger partial charge in [0.1, 0.15) is 5.75 Å². The lowest BCUT2D eigenvalue weighted by Crippen LogP contribution is -2.29. The number of anilines is 1. The maximum Gasteiger partial charge on any atom is 0.126 e. The molecule has 0 bridgehead atoms. The Morgan fingerprint density at radius 3 is 2.50 bits per heavy atom. The number of methoxy groups -OCH3 is 1. The molecule has 0 aliphatic rings. The van der Waals surface area contributed by atoms with E-state index in [4.69, 9.17) is 4.74 Å². The fraction of sp³-hybridized carbons (Fsp3) is 0.600. The molecular formula is C15H25NO2. The minimum absolute atomic E-state index is 0.0788. The van der Waals surface area contributed by atoms with Crippen molar-refractivity contribution in [2.45, 2.75) is 34.1 Å². The van der Waals surface area contributed by atoms with Gasteiger partial charge in [0, 0.05) is 23.2 Å². The van der Waals surface area contributed by atoms with Gasteiger partial charge in [0.15, 0.2) is 0 Å². The van der Waals surface area contributed by atoms with E-state index in [1.54, 1.807) is 7.11 Å². The van der Waals surface area contributed by atoms with Crippen molar-refractivity contribution in [1.29, 1.82) is 0 Å². The van der Waals surface area contributed by atoms with Gasteiger partial charge in [0.2, 0.25) is 0 Å². The lowest BCUT2D eigenvalue weighted by Gasteiger charge is -2.27. The van der Waals surface area contributed by atoms with Gasteiger partial charge in [0.05, 0.1) is 13.7 Å². The van der Waals surface area contributed by atoms with Crippen molar-refractivity contribution in [3.8, 4) is 5.75 Å². The van der Waals surface area contributed by atoms with E-state index < -0.39 is 0 Å². The summed E-state index contributed by atoms with van der Waals surface area (Å²) in [6.45, 7) is 9.22. The van der Waals surface area contributed by atoms with Crippen LogP contribution in [0.2, 0.25) is 0 Å². The molecule has 1 aromatic rings. The molecule has 1 atom stereocenters. The van der Waals surface area contributed by atoms with Crippen LogP contribution >= 0.6 is 0 Å². The summed E-state index contributed by atoms with van der Waals surface area (Å²) in [7, 11) is 1.70. The molecule has 1 rings (SSSR count). The van der Waals surface area contributed by atoms with Gasteiger partial charge < -0.3 is 15.2 Å². The summed E-state index contributed by atoms with van der Waals surface area (Å²) in [5.74, 6) is 0.933. The first-order valence-electron chi connectivity index (χ1n) is 6.46. The highest BCUT2D eigenvalue weighted by Gasteiger charge is 2.21. The van der Waals surface area contributed by atoms with Crippen LogP contribution in [0.3, 0.4) is 0 Å². The number of aryl methyl sites for hydroxylation is 1. The average molecular weight is 251 g/mol. The number of hydrogen-bond acceptors (Lipinski definition) is 3. The smallest absolute Gasteiger partial charge is 0.126 e. The second-order valence-corrected chi connectivity index (χ2v) is 5.26. The molecule has 2 N–H and O–H groups in total. The van der Waals surface area contributed by atoms with E-state index in [1.165, 1.54) is 0 Å². The van der Waals surface area contributed by atoms with Crippen molar-refractivity contribution >= 4 is 5.69 Å². The van der Waals surface area contributed by atoms with E-state index in [-0.39, 0.29) is 12.0 Å². The van der Waals surface area contributed by atoms with Crippen molar-refractivity contribution in [2.24, 2.45) is 5.41 Å². The minimum atomic E-state index is -0.0788. The Morgan fingerprint density at radius 2 is 2.00 bits per heavy atom. The number of nitrogens with one attached hydrogen (secondary N) is 1. The summed E-state index contributed by atoms with van der Waals surface area (Å²) in [5.41, 5.74) is 3.25. The van der Waals surface area contributed by atoms with Crippen LogP contribution in [0.15, 0.2) is 12.1 Å². The Hall–Kier alpha value is -1.22. The highest BCUT2D eigenvalue weighted by atomic mass is 16.5. The maximum atomic E-state index is 9.41. The fourth-order valence-electron chi connectivity index (χ4n) is 1.93. The quantitative estimate of drug-likeness (QED) is 0.816. The normalized spacial score (nSPS) is 14.1. The van der Waals surface area contributed by atoms with Crippen LogP contribution in [-0.4, -0.2) is 25.4 Å². The number of aliphatic hydroxyl groups excluding tert-OH is 1. The van der Waals surface area contributed by atoms with E-state index in [9.17, 15) is 5.11 Å². The number of ether oxygens (including phenoxy) is 1. The molecule has 0 heterocycles. The van der Waals surface area contributed by atoms with E-state index >= 15 is 0 Å². The van der Waals surface area contributed by atoms with Gasteiger partial charge >= 0.3 is 0 Å². The zero-order valence-corrected chi connectivity index (χ0v) is 12.1. The zero-order chi connectivity index (χ0) is 13.8. The van der Waals surface area contributed by atoms with Gasteiger partial charge in [0.25, 0.3) is 0 Å². The number of rotatable bonds is 6. The first-order valence-corrected chi connectivity index (χ1v) is 6.46. The third-order valence-electron chi connectivity index (χ3n) is 3.75. The van der Waals surface area contributed by atoms with E-state index in [1.807, 2.05) is 6.92 Å². The molecule has 102 valence electrons. The molecule has 0 amide bonds. The third-order valence-corrected chi connectivity index (χ3v) is 3.75. The molecule has 0 radical (unpaired) electrons. The summed E-state index contributed by atoms with van der Waals surface area (Å²) in [4.78, 5) is 0. The van der Waals surface area contributed by atoms with E-state index in [2.05, 4.69) is 38.2 Å². The highest BCUT2D eigenvalue weighted by molar-refractivity contribution is 5.59. The fourth-order valence-corrected chi connectivity index (χ4v) is 1.93. The van der Waals surface area contributed by atoms with Crippen molar-refractivity contribution in [3.63, 3.8) is 0 Å². The van der Waals surface area contributed by atoms with Crippen LogP contribution in [0.25, 0.3) is 0 Å². The lowest BCUT2D eigenvalue weighted by atomic mass is 9.88. The minimum Gasteiger partial charge on any atom is -0.496 e. The first kappa shape index (κ1) is 14.8. The number of hydrogen-bond donors (Lipinski definition) is 2. The summed E-state index contributed by atoms with van der Waals surface area (Å²) in [6.07, 6.45) is 0.943. The van der Waals surface area contributed by atoms with E-state index in [0.717, 1.165) is 35.5 Å². The van der Waals surface area contributed by atoms with Crippen LogP contribution in [-0.2, 0) is 0 Å². The second kappa shape index (κ2) is 6.10. The maximum absolute atomic E-state index is 9.41. The molecular weight excluding hydrogens is 226 g/mol. The molecule has 0 aliphatic heterocycles. The van der Waals surface area contributed by atoms with Crippen molar-refractivity contribution in [1.82, 2.24) is 0 Å². The Kier molecular flexibility index (Phi) is 5.03. The summed E-state index contributed by atoms with van der Waals surface area (Å²) in [6, 6.07) is 4.12. The molecule has 1 unspecified atom stereocenters. The van der Waals surface area contributed by atoms with Gasteiger partial charge in [-0.3, -0.25) is 0 Å². The average Bonchev–Trinajstić information content (AvgIpc) is 2.38. The highest BCUT2D eigenvalue weighted by Crippen LogP contribution is 2.30. The molecule has 0 aliphatic carbocycles. The molecule has 0 saturated heterocycles. The van der Waals surface area contributed by atoms with Crippen LogP contribution in [0.4, 0.5) is 5.69 Å². The third kappa shape index (κ3) is 3.16. The van der Waals surface area contributed by atoms with Crippen LogP contribution in [0, 0.1) is 19.3 Å². The zero-order valence-electron chi connectivity index (χ0n) is 12.1. The monoisotopic (exact) mass is 251 g/mol. The first-order chi connectivity index (χ1) is 8.47. The van der Waals surface area contributed by atoms with Gasteiger partial charge in [-0.25, -0.2) is 0 Å². The summed E-state index contributed by atoms with van der Waals surface area (Å²) >= 11 is 0. The Labute approximate surface area is 110 Å². The molecule has 0 spiro atoms. The topological polar surface area (TPSA) is 41.5 Å². The van der Waals surface area contributed by atoms with Gasteiger partial charge in [-0.15, -0.1) is 0 Å². The molecule has 0 fully saturated rings. The molecule has 1 aromatic carbocycles. The second-order valence-electron chi connectivity index (χ2n) is 5.26. The van der Waals surface area contributed by atoms with Crippen molar-refractivity contribution < 1.29 is 9.84 Å². The summed E-state index contributed by atoms with van der Waals surface area (Å²) < 4.78 is 5.41. The van der Waals surface area contributed by atoms with Crippen LogP contribution < -0.4 is 10.1 Å². The number of aliphatic hydroxyl groups is 1. The van der Waals surface area contributed by atoms with Gasteiger partial charge in [-0.2, -0.15) is 0 Å². The molecule has 3 heteroatoms. The Morgan fingerprint density at radius 1 is 1.33 bits per heavy atom. The standard InChI is InChI=1S/C15H25NO2/c1-6-15(4,10-17)9-16-13-8-7-11(2)14(18-5)12(13)3/h7-8,16-17H,6,9-10H2,1-5H3. The van der Waals surface area contributed by atoms with Crippen LogP contribution in [0.5, 0.6) is 5.75 Å². The lowest BCUT2D eigenvalue weighted by molar-refractivity contribution is 0.149. The van der Waals surface area contributed by atoms with Crippen molar-refractivity contribution in [3.05, 3.63) is 23.3 Å². The Bertz CT molecular complexity index is 398. The molecule has 0 saturated carbocycles. The molecule has 3 nitrogen and oxygen atoms in total. The predicted octanol–water partition coefficient (Wildman–Crippen LogP) is 3.13. The summed E-state index contributed by atoms with van der Waals surface area (Å²) in [5, 5.41) is 12.8. The molecule has 18 heavy (non-hydrogen) atoms. The SMILES string of the molecule is CCC(C)(CO)CNc1ccc(C)c(OC)c1C. The predicted molar refractivity (Wildman–Crippen MR) is 76.4 cm³/mol. The molecule has 0 aromatic heterocycles. The van der Waals surface area contributed by atoms with Gasteiger partial charge in [-0.05, 0) is 31.9 Å². The largest absolute Gasteiger partial charge is 0.496 e. The number of benzene rings is 1. The van der Waals surface area contributed by atoms with E-state index in [0.29, 0.717) is 0 Å². The van der Waals surface area contributed by atoms with Crippen LogP contribution in [0.1, 0.15) is 31.4 Å². The van der Waals surface area contributed by atoms with Crippen molar-refractivity contribution in [2.75, 3.05) is 25.6 Å².